The summed E-state index contributed by atoms with van der Waals surface area (Å²) in [6.45, 7) is 0. The number of aromatic hydroxyl groups is 1. The molecular formula is C17H13NO5S. The van der Waals surface area contributed by atoms with Crippen LogP contribution in [0.4, 0.5) is 0 Å². The lowest BCUT2D eigenvalue weighted by Crippen LogP contribution is -2.20. The SMILES string of the molecule is COc1cc(/C=c2\s/c(=C\C(=O)c3ccco3)[nH]c2=O)ccc1O. The van der Waals surface area contributed by atoms with E-state index in [-0.39, 0.29) is 22.9 Å². The molecule has 0 bridgehead atoms. The van der Waals surface area contributed by atoms with Crippen molar-refractivity contribution in [3.05, 3.63) is 67.5 Å². The number of phenolic OH excluding ortho intramolecular Hbond substituents is 1. The minimum absolute atomic E-state index is 0.0211. The third-order valence-corrected chi connectivity index (χ3v) is 4.17. The molecule has 3 aromatic rings. The maximum absolute atomic E-state index is 12.0. The van der Waals surface area contributed by atoms with Gasteiger partial charge in [0.15, 0.2) is 17.3 Å². The molecule has 0 spiro atoms. The number of rotatable bonds is 4. The van der Waals surface area contributed by atoms with E-state index in [1.807, 2.05) is 0 Å². The van der Waals surface area contributed by atoms with E-state index < -0.39 is 0 Å². The van der Waals surface area contributed by atoms with Gasteiger partial charge >= 0.3 is 0 Å². The number of ketones is 1. The number of aromatic nitrogens is 1. The van der Waals surface area contributed by atoms with Gasteiger partial charge in [-0.1, -0.05) is 6.07 Å². The number of thiazole rings is 1. The van der Waals surface area contributed by atoms with E-state index in [1.165, 1.54) is 25.5 Å². The number of carbonyl (C=O) groups is 1. The fraction of sp³-hybridized carbons (Fsp3) is 0.0588. The van der Waals surface area contributed by atoms with Crippen LogP contribution in [0.15, 0.2) is 45.8 Å². The van der Waals surface area contributed by atoms with Gasteiger partial charge < -0.3 is 19.2 Å². The van der Waals surface area contributed by atoms with E-state index in [4.69, 9.17) is 9.15 Å². The van der Waals surface area contributed by atoms with Gasteiger partial charge in [-0.2, -0.15) is 0 Å². The van der Waals surface area contributed by atoms with Gasteiger partial charge in [0.2, 0.25) is 5.78 Å². The molecule has 0 saturated carbocycles. The molecule has 2 heterocycles. The molecule has 0 unspecified atom stereocenters. The van der Waals surface area contributed by atoms with E-state index in [9.17, 15) is 14.7 Å². The number of H-pyrrole nitrogens is 1. The number of furan rings is 1. The van der Waals surface area contributed by atoms with Gasteiger partial charge in [0.25, 0.3) is 5.56 Å². The van der Waals surface area contributed by atoms with Gasteiger partial charge in [-0.05, 0) is 35.9 Å². The van der Waals surface area contributed by atoms with Crippen LogP contribution < -0.4 is 19.5 Å². The van der Waals surface area contributed by atoms with Crippen molar-refractivity contribution in [1.29, 1.82) is 0 Å². The maximum atomic E-state index is 12.0. The third kappa shape index (κ3) is 3.31. The van der Waals surface area contributed by atoms with E-state index in [1.54, 1.807) is 30.3 Å². The number of benzene rings is 1. The Morgan fingerprint density at radius 1 is 1.38 bits per heavy atom. The molecule has 0 radical (unpaired) electrons. The smallest absolute Gasteiger partial charge is 0.266 e. The molecule has 122 valence electrons. The maximum Gasteiger partial charge on any atom is 0.266 e. The Kier molecular flexibility index (Phi) is 4.35. The molecule has 0 saturated heterocycles. The highest BCUT2D eigenvalue weighted by molar-refractivity contribution is 7.07. The van der Waals surface area contributed by atoms with Gasteiger partial charge in [-0.25, -0.2) is 0 Å². The minimum atomic E-state index is -0.324. The fourth-order valence-corrected chi connectivity index (χ4v) is 2.95. The predicted molar refractivity (Wildman–Crippen MR) is 89.9 cm³/mol. The van der Waals surface area contributed by atoms with Gasteiger partial charge in [-0.15, -0.1) is 11.3 Å². The zero-order valence-electron chi connectivity index (χ0n) is 12.6. The topological polar surface area (TPSA) is 92.5 Å². The Balaban J connectivity index is 2.00. The molecule has 0 aliphatic carbocycles. The van der Waals surface area contributed by atoms with Crippen LogP contribution in [0.2, 0.25) is 0 Å². The summed E-state index contributed by atoms with van der Waals surface area (Å²) in [5.41, 5.74) is 0.395. The lowest BCUT2D eigenvalue weighted by atomic mass is 10.2. The number of carbonyl (C=O) groups excluding carboxylic acids is 1. The molecule has 2 aromatic heterocycles. The van der Waals surface area contributed by atoms with Gasteiger partial charge in [-0.3, -0.25) is 9.59 Å². The van der Waals surface area contributed by atoms with Crippen LogP contribution in [0, 0.1) is 0 Å². The van der Waals surface area contributed by atoms with E-state index in [2.05, 4.69) is 4.98 Å². The number of methoxy groups -OCH3 is 1. The summed E-state index contributed by atoms with van der Waals surface area (Å²) >= 11 is 1.15. The van der Waals surface area contributed by atoms with E-state index in [0.717, 1.165) is 11.3 Å². The molecule has 0 fully saturated rings. The van der Waals surface area contributed by atoms with Crippen LogP contribution in [-0.4, -0.2) is 23.0 Å². The van der Waals surface area contributed by atoms with Crippen LogP contribution in [0.25, 0.3) is 12.2 Å². The number of hydrogen-bond acceptors (Lipinski definition) is 6. The standard InChI is InChI=1S/C17H13NO5S/c1-22-14-7-10(4-5-11(14)19)8-15-17(21)18-16(24-15)9-12(20)13-3-2-6-23-13/h2-9,19H,1H3,(H,18,21)/b15-8-,16-9-. The Bertz CT molecular complexity index is 1040. The van der Waals surface area contributed by atoms with E-state index >= 15 is 0 Å². The molecule has 7 heteroatoms. The van der Waals surface area contributed by atoms with Crippen molar-refractivity contribution in [3.8, 4) is 11.5 Å². The number of hydrogen-bond donors (Lipinski definition) is 2. The van der Waals surface area contributed by atoms with Crippen LogP contribution in [0.3, 0.4) is 0 Å². The van der Waals surface area contributed by atoms with Gasteiger partial charge in [0.05, 0.1) is 22.6 Å². The summed E-state index contributed by atoms with van der Waals surface area (Å²) in [6, 6.07) is 7.94. The number of Topliss-reactive ketones (excluding diaryl/α,β-unsaturated/α-hetero) is 1. The Labute approximate surface area is 140 Å². The first kappa shape index (κ1) is 15.8. The molecule has 3 rings (SSSR count). The third-order valence-electron chi connectivity index (χ3n) is 3.21. The number of phenols is 1. The molecule has 0 aliphatic rings. The zero-order chi connectivity index (χ0) is 17.1. The lowest BCUT2D eigenvalue weighted by molar-refractivity contribution is 0.103. The van der Waals surface area contributed by atoms with Crippen molar-refractivity contribution in [1.82, 2.24) is 4.98 Å². The fourth-order valence-electron chi connectivity index (χ4n) is 2.07. The zero-order valence-corrected chi connectivity index (χ0v) is 13.4. The van der Waals surface area contributed by atoms with Crippen LogP contribution in [-0.2, 0) is 0 Å². The number of ether oxygens (including phenoxy) is 1. The number of aromatic amines is 1. The second kappa shape index (κ2) is 6.59. The van der Waals surface area contributed by atoms with Crippen LogP contribution in [0.5, 0.6) is 11.5 Å². The molecule has 2 N–H and O–H groups in total. The quantitative estimate of drug-likeness (QED) is 0.695. The molecule has 1 aromatic carbocycles. The normalized spacial score (nSPS) is 12.5. The Morgan fingerprint density at radius 3 is 2.92 bits per heavy atom. The summed E-state index contributed by atoms with van der Waals surface area (Å²) in [5.74, 6) is 0.220. The second-order valence-corrected chi connectivity index (χ2v) is 5.93. The lowest BCUT2D eigenvalue weighted by Gasteiger charge is -2.03. The average molecular weight is 343 g/mol. The van der Waals surface area contributed by atoms with Crippen molar-refractivity contribution in [3.63, 3.8) is 0 Å². The first-order chi connectivity index (χ1) is 11.6. The average Bonchev–Trinajstić information content (AvgIpc) is 3.20. The van der Waals surface area contributed by atoms with E-state index in [0.29, 0.717) is 20.5 Å². The highest BCUT2D eigenvalue weighted by atomic mass is 32.1. The van der Waals surface area contributed by atoms with Gasteiger partial charge in [0, 0.05) is 6.08 Å². The number of nitrogens with one attached hydrogen (secondary N) is 1. The molecular weight excluding hydrogens is 330 g/mol. The highest BCUT2D eigenvalue weighted by Gasteiger charge is 2.06. The summed E-state index contributed by atoms with van der Waals surface area (Å²) in [5, 5.41) is 9.59. The van der Waals surface area contributed by atoms with Crippen molar-refractivity contribution in [2.45, 2.75) is 0 Å². The summed E-state index contributed by atoms with van der Waals surface area (Å²) in [7, 11) is 1.45. The molecule has 0 amide bonds. The highest BCUT2D eigenvalue weighted by Crippen LogP contribution is 2.26. The van der Waals surface area contributed by atoms with Crippen molar-refractivity contribution < 1.29 is 19.1 Å². The Hall–Kier alpha value is -3.06. The van der Waals surface area contributed by atoms with Gasteiger partial charge in [0.1, 0.15) is 0 Å². The first-order valence-electron chi connectivity index (χ1n) is 6.94. The molecule has 0 atom stereocenters. The Morgan fingerprint density at radius 2 is 2.21 bits per heavy atom. The largest absolute Gasteiger partial charge is 0.504 e. The monoisotopic (exact) mass is 343 g/mol. The minimum Gasteiger partial charge on any atom is -0.504 e. The molecule has 24 heavy (non-hydrogen) atoms. The van der Waals surface area contributed by atoms with Crippen molar-refractivity contribution >= 4 is 29.3 Å². The van der Waals surface area contributed by atoms with Crippen molar-refractivity contribution in [2.24, 2.45) is 0 Å². The second-order valence-electron chi connectivity index (χ2n) is 4.85. The molecule has 0 aliphatic heterocycles. The first-order valence-corrected chi connectivity index (χ1v) is 7.76. The molecule has 6 nitrogen and oxygen atoms in total. The van der Waals surface area contributed by atoms with Crippen LogP contribution >= 0.6 is 11.3 Å². The predicted octanol–water partition coefficient (Wildman–Crippen LogP) is 1.24. The van der Waals surface area contributed by atoms with Crippen LogP contribution in [0.1, 0.15) is 16.1 Å². The van der Waals surface area contributed by atoms with Crippen molar-refractivity contribution in [2.75, 3.05) is 7.11 Å². The summed E-state index contributed by atoms with van der Waals surface area (Å²) in [6.07, 6.45) is 4.38. The summed E-state index contributed by atoms with van der Waals surface area (Å²) < 4.78 is 10.9. The summed E-state index contributed by atoms with van der Waals surface area (Å²) in [4.78, 5) is 26.6.